The third kappa shape index (κ3) is 1.58. The molecule has 1 aliphatic heterocycles. The molecule has 1 atom stereocenters. The maximum atomic E-state index is 8.44. The minimum atomic E-state index is 0.454. The van der Waals surface area contributed by atoms with Crippen molar-refractivity contribution >= 4 is 0 Å². The summed E-state index contributed by atoms with van der Waals surface area (Å²) in [6, 6.07) is 2.65. The van der Waals surface area contributed by atoms with E-state index in [4.69, 9.17) is 5.26 Å². The van der Waals surface area contributed by atoms with Gasteiger partial charge < -0.3 is 0 Å². The monoisotopic (exact) mass is 136 g/mol. The van der Waals surface area contributed by atoms with Crippen LogP contribution in [0.3, 0.4) is 0 Å². The van der Waals surface area contributed by atoms with Crippen molar-refractivity contribution in [3.63, 3.8) is 0 Å². The smallest absolute Gasteiger partial charge is 0.0638 e. The standard InChI is InChI=1S/C8H12N2/c1-10-7-3-2-4-8(10)5-6-9/h2-3,8H,4-5,7H2,1H3/t8-/m1/s1. The quantitative estimate of drug-likeness (QED) is 0.506. The lowest BCUT2D eigenvalue weighted by Gasteiger charge is -2.26. The summed E-state index contributed by atoms with van der Waals surface area (Å²) in [7, 11) is 2.06. The molecule has 0 unspecified atom stereocenters. The van der Waals surface area contributed by atoms with E-state index in [1.54, 1.807) is 0 Å². The molecule has 2 nitrogen and oxygen atoms in total. The highest BCUT2D eigenvalue weighted by molar-refractivity contribution is 4.97. The first kappa shape index (κ1) is 7.30. The first-order chi connectivity index (χ1) is 4.84. The molecule has 0 radical (unpaired) electrons. The van der Waals surface area contributed by atoms with Crippen LogP contribution in [-0.4, -0.2) is 24.5 Å². The lowest BCUT2D eigenvalue weighted by Crippen LogP contribution is -2.33. The average molecular weight is 136 g/mol. The minimum Gasteiger partial charge on any atom is -0.298 e. The van der Waals surface area contributed by atoms with E-state index >= 15 is 0 Å². The van der Waals surface area contributed by atoms with Crippen molar-refractivity contribution in [3.8, 4) is 6.07 Å². The molecule has 1 rings (SSSR count). The zero-order valence-corrected chi connectivity index (χ0v) is 6.25. The van der Waals surface area contributed by atoms with Gasteiger partial charge in [-0.1, -0.05) is 12.2 Å². The summed E-state index contributed by atoms with van der Waals surface area (Å²) in [6.45, 7) is 0.992. The van der Waals surface area contributed by atoms with Crippen molar-refractivity contribution in [3.05, 3.63) is 12.2 Å². The van der Waals surface area contributed by atoms with Crippen LogP contribution in [-0.2, 0) is 0 Å². The number of hydrogen-bond donors (Lipinski definition) is 0. The van der Waals surface area contributed by atoms with Gasteiger partial charge in [0.25, 0.3) is 0 Å². The predicted molar refractivity (Wildman–Crippen MR) is 40.4 cm³/mol. The average Bonchev–Trinajstić information content (AvgIpc) is 1.94. The molecular weight excluding hydrogens is 124 g/mol. The molecule has 0 saturated heterocycles. The number of likely N-dealkylation sites (N-methyl/N-ethyl adjacent to an activating group) is 1. The molecule has 0 N–H and O–H groups in total. The van der Waals surface area contributed by atoms with Crippen LogP contribution in [0.15, 0.2) is 12.2 Å². The molecule has 2 heteroatoms. The van der Waals surface area contributed by atoms with Gasteiger partial charge in [-0.15, -0.1) is 0 Å². The van der Waals surface area contributed by atoms with E-state index in [1.807, 2.05) is 0 Å². The predicted octanol–water partition coefficient (Wildman–Crippen LogP) is 1.16. The van der Waals surface area contributed by atoms with Crippen molar-refractivity contribution in [2.75, 3.05) is 13.6 Å². The Morgan fingerprint density at radius 1 is 1.70 bits per heavy atom. The van der Waals surface area contributed by atoms with Gasteiger partial charge in [0.2, 0.25) is 0 Å². The number of nitrogens with zero attached hydrogens (tertiary/aromatic N) is 2. The van der Waals surface area contributed by atoms with Gasteiger partial charge in [-0.2, -0.15) is 5.26 Å². The Morgan fingerprint density at radius 2 is 2.50 bits per heavy atom. The highest BCUT2D eigenvalue weighted by atomic mass is 15.1. The zero-order valence-electron chi connectivity index (χ0n) is 6.25. The summed E-state index contributed by atoms with van der Waals surface area (Å²) in [5.41, 5.74) is 0. The van der Waals surface area contributed by atoms with Gasteiger partial charge in [0, 0.05) is 12.6 Å². The van der Waals surface area contributed by atoms with Crippen LogP contribution < -0.4 is 0 Å². The fourth-order valence-corrected chi connectivity index (χ4v) is 1.17. The second-order valence-corrected chi connectivity index (χ2v) is 2.66. The van der Waals surface area contributed by atoms with Gasteiger partial charge >= 0.3 is 0 Å². The van der Waals surface area contributed by atoms with Crippen LogP contribution in [0.1, 0.15) is 12.8 Å². The Hall–Kier alpha value is -0.810. The molecule has 0 bridgehead atoms. The highest BCUT2D eigenvalue weighted by Crippen LogP contribution is 2.11. The SMILES string of the molecule is CN1CC=CC[C@@H]1CC#N. The van der Waals surface area contributed by atoms with Crippen LogP contribution >= 0.6 is 0 Å². The van der Waals surface area contributed by atoms with Crippen LogP contribution in [0.4, 0.5) is 0 Å². The van der Waals surface area contributed by atoms with Crippen LogP contribution in [0.2, 0.25) is 0 Å². The molecular formula is C8H12N2. The molecule has 0 aromatic rings. The maximum Gasteiger partial charge on any atom is 0.0638 e. The lowest BCUT2D eigenvalue weighted by molar-refractivity contribution is 0.260. The molecule has 1 heterocycles. The number of rotatable bonds is 1. The molecule has 0 amide bonds. The summed E-state index contributed by atoms with van der Waals surface area (Å²) < 4.78 is 0. The van der Waals surface area contributed by atoms with Crippen LogP contribution in [0, 0.1) is 11.3 Å². The van der Waals surface area contributed by atoms with Crippen molar-refractivity contribution in [1.82, 2.24) is 4.90 Å². The second kappa shape index (κ2) is 3.38. The van der Waals surface area contributed by atoms with E-state index < -0.39 is 0 Å². The number of hydrogen-bond acceptors (Lipinski definition) is 2. The Bertz CT molecular complexity index is 167. The molecule has 0 spiro atoms. The first-order valence-corrected chi connectivity index (χ1v) is 3.57. The molecule has 0 aromatic carbocycles. The van der Waals surface area contributed by atoms with Crippen molar-refractivity contribution in [1.29, 1.82) is 5.26 Å². The molecule has 0 aliphatic carbocycles. The van der Waals surface area contributed by atoms with Crippen LogP contribution in [0.25, 0.3) is 0 Å². The maximum absolute atomic E-state index is 8.44. The molecule has 1 aliphatic rings. The molecule has 10 heavy (non-hydrogen) atoms. The fourth-order valence-electron chi connectivity index (χ4n) is 1.17. The third-order valence-corrected chi connectivity index (χ3v) is 1.92. The van der Waals surface area contributed by atoms with Gasteiger partial charge in [0.15, 0.2) is 0 Å². The van der Waals surface area contributed by atoms with E-state index in [1.165, 1.54) is 0 Å². The van der Waals surface area contributed by atoms with E-state index in [0.717, 1.165) is 13.0 Å². The van der Waals surface area contributed by atoms with Crippen LogP contribution in [0.5, 0.6) is 0 Å². The molecule has 0 aromatic heterocycles. The van der Waals surface area contributed by atoms with E-state index in [2.05, 4.69) is 30.2 Å². The topological polar surface area (TPSA) is 27.0 Å². The molecule has 0 saturated carbocycles. The minimum absolute atomic E-state index is 0.454. The molecule has 0 fully saturated rings. The third-order valence-electron chi connectivity index (χ3n) is 1.92. The normalized spacial score (nSPS) is 26.2. The Balaban J connectivity index is 2.44. The second-order valence-electron chi connectivity index (χ2n) is 2.66. The van der Waals surface area contributed by atoms with Gasteiger partial charge in [0.05, 0.1) is 12.5 Å². The Kier molecular flexibility index (Phi) is 2.47. The van der Waals surface area contributed by atoms with Crippen molar-refractivity contribution in [2.24, 2.45) is 0 Å². The summed E-state index contributed by atoms with van der Waals surface area (Å²) >= 11 is 0. The first-order valence-electron chi connectivity index (χ1n) is 3.57. The largest absolute Gasteiger partial charge is 0.298 e. The van der Waals surface area contributed by atoms with Gasteiger partial charge in [0.1, 0.15) is 0 Å². The number of nitriles is 1. The summed E-state index contributed by atoms with van der Waals surface area (Å²) in [6.07, 6.45) is 5.99. The van der Waals surface area contributed by atoms with Gasteiger partial charge in [-0.25, -0.2) is 0 Å². The fraction of sp³-hybridized carbons (Fsp3) is 0.625. The Morgan fingerprint density at radius 3 is 3.10 bits per heavy atom. The van der Waals surface area contributed by atoms with Gasteiger partial charge in [-0.05, 0) is 13.5 Å². The summed E-state index contributed by atoms with van der Waals surface area (Å²) in [5, 5.41) is 8.44. The molecule has 54 valence electrons. The summed E-state index contributed by atoms with van der Waals surface area (Å²) in [4.78, 5) is 2.21. The lowest BCUT2D eigenvalue weighted by atomic mass is 10.1. The van der Waals surface area contributed by atoms with E-state index in [-0.39, 0.29) is 0 Å². The van der Waals surface area contributed by atoms with Gasteiger partial charge in [-0.3, -0.25) is 4.90 Å². The van der Waals surface area contributed by atoms with E-state index in [0.29, 0.717) is 12.5 Å². The van der Waals surface area contributed by atoms with E-state index in [9.17, 15) is 0 Å². The Labute approximate surface area is 61.8 Å². The summed E-state index contributed by atoms with van der Waals surface area (Å²) in [5.74, 6) is 0. The van der Waals surface area contributed by atoms with Crippen molar-refractivity contribution < 1.29 is 0 Å². The van der Waals surface area contributed by atoms with Crippen molar-refractivity contribution in [2.45, 2.75) is 18.9 Å². The highest BCUT2D eigenvalue weighted by Gasteiger charge is 2.13. The zero-order chi connectivity index (χ0) is 7.40.